The van der Waals surface area contributed by atoms with Gasteiger partial charge in [0.25, 0.3) is 5.69 Å². The molecule has 1 aromatic rings. The summed E-state index contributed by atoms with van der Waals surface area (Å²) in [5.74, 6) is -1.20. The molecule has 0 aromatic heterocycles. The number of aliphatic carboxylic acids is 1. The molecule has 128 valence electrons. The molecule has 7 nitrogen and oxygen atoms in total. The standard InChI is InChI=1S/C16H18N2O5S/c19-14(20)10-13-15(21)17(16(24-13)8-2-1-3-9-16)11-4-6-12(7-5-11)18(22)23/h4-7,13H,1-3,8-10H2,(H,19,20). The van der Waals surface area contributed by atoms with E-state index in [2.05, 4.69) is 0 Å². The first kappa shape index (κ1) is 16.8. The van der Waals surface area contributed by atoms with Gasteiger partial charge in [-0.25, -0.2) is 0 Å². The number of nitro benzene ring substituents is 1. The number of hydrogen-bond donors (Lipinski definition) is 1. The Bertz CT molecular complexity index is 670. The summed E-state index contributed by atoms with van der Waals surface area (Å²) >= 11 is 1.45. The van der Waals surface area contributed by atoms with Crippen LogP contribution in [0.3, 0.4) is 0 Å². The Morgan fingerprint density at radius 1 is 1.29 bits per heavy atom. The summed E-state index contributed by atoms with van der Waals surface area (Å²) < 4.78 is 0. The molecule has 0 bridgehead atoms. The number of amides is 1. The Kier molecular flexibility index (Phi) is 4.49. The lowest BCUT2D eigenvalue weighted by atomic mass is 9.92. The van der Waals surface area contributed by atoms with Gasteiger partial charge in [-0.3, -0.25) is 24.6 Å². The van der Waals surface area contributed by atoms with Crippen molar-refractivity contribution >= 4 is 35.0 Å². The minimum atomic E-state index is -0.989. The van der Waals surface area contributed by atoms with Crippen molar-refractivity contribution in [3.8, 4) is 0 Å². The third kappa shape index (κ3) is 2.98. The minimum Gasteiger partial charge on any atom is -0.481 e. The van der Waals surface area contributed by atoms with Crippen LogP contribution in [0, 0.1) is 10.1 Å². The van der Waals surface area contributed by atoms with Crippen LogP contribution in [0.1, 0.15) is 38.5 Å². The van der Waals surface area contributed by atoms with Crippen molar-refractivity contribution in [1.29, 1.82) is 0 Å². The second-order valence-corrected chi connectivity index (χ2v) is 7.72. The van der Waals surface area contributed by atoms with Gasteiger partial charge in [0.05, 0.1) is 21.5 Å². The van der Waals surface area contributed by atoms with Gasteiger partial charge in [-0.05, 0) is 25.0 Å². The number of benzene rings is 1. The first-order chi connectivity index (χ1) is 11.4. The Labute approximate surface area is 143 Å². The average molecular weight is 350 g/mol. The number of carbonyl (C=O) groups is 2. The zero-order valence-electron chi connectivity index (χ0n) is 13.0. The quantitative estimate of drug-likeness (QED) is 0.661. The zero-order valence-corrected chi connectivity index (χ0v) is 13.8. The van der Waals surface area contributed by atoms with Crippen LogP contribution in [0.4, 0.5) is 11.4 Å². The van der Waals surface area contributed by atoms with Crippen molar-refractivity contribution in [3.63, 3.8) is 0 Å². The molecule has 0 radical (unpaired) electrons. The van der Waals surface area contributed by atoms with Crippen LogP contribution in [0.5, 0.6) is 0 Å². The predicted octanol–water partition coefficient (Wildman–Crippen LogP) is 3.18. The SMILES string of the molecule is O=C(O)CC1SC2(CCCCC2)N(c2ccc([N+](=O)[O-])cc2)C1=O. The molecule has 1 heterocycles. The Balaban J connectivity index is 1.96. The Hall–Kier alpha value is -2.09. The van der Waals surface area contributed by atoms with Crippen LogP contribution in [0.15, 0.2) is 24.3 Å². The number of anilines is 1. The van der Waals surface area contributed by atoms with Gasteiger partial charge < -0.3 is 5.11 Å². The van der Waals surface area contributed by atoms with Crippen molar-refractivity contribution in [2.24, 2.45) is 0 Å². The van der Waals surface area contributed by atoms with Crippen LogP contribution >= 0.6 is 11.8 Å². The van der Waals surface area contributed by atoms with Gasteiger partial charge in [0, 0.05) is 17.8 Å². The van der Waals surface area contributed by atoms with Gasteiger partial charge in [0.1, 0.15) is 0 Å². The second kappa shape index (κ2) is 6.43. The first-order valence-electron chi connectivity index (χ1n) is 7.91. The molecular formula is C16H18N2O5S. The average Bonchev–Trinajstić information content (AvgIpc) is 2.79. The highest BCUT2D eigenvalue weighted by Crippen LogP contribution is 2.52. The summed E-state index contributed by atoms with van der Waals surface area (Å²) in [6.45, 7) is 0. The zero-order chi connectivity index (χ0) is 17.3. The van der Waals surface area contributed by atoms with E-state index in [0.717, 1.165) is 32.1 Å². The summed E-state index contributed by atoms with van der Waals surface area (Å²) in [6.07, 6.45) is 4.52. The fraction of sp³-hybridized carbons (Fsp3) is 0.500. The largest absolute Gasteiger partial charge is 0.481 e. The molecule has 3 rings (SSSR count). The smallest absolute Gasteiger partial charge is 0.305 e. The molecule has 1 amide bonds. The highest BCUT2D eigenvalue weighted by molar-refractivity contribution is 8.02. The molecule has 1 saturated heterocycles. The Morgan fingerprint density at radius 3 is 2.46 bits per heavy atom. The fourth-order valence-electron chi connectivity index (χ4n) is 3.53. The third-order valence-electron chi connectivity index (χ3n) is 4.58. The first-order valence-corrected chi connectivity index (χ1v) is 8.79. The molecule has 8 heteroatoms. The Morgan fingerprint density at radius 2 is 1.92 bits per heavy atom. The summed E-state index contributed by atoms with van der Waals surface area (Å²) in [5, 5.41) is 19.3. The predicted molar refractivity (Wildman–Crippen MR) is 90.0 cm³/mol. The van der Waals surface area contributed by atoms with Crippen molar-refractivity contribution in [2.75, 3.05) is 4.90 Å². The molecule has 1 N–H and O–H groups in total. The lowest BCUT2D eigenvalue weighted by molar-refractivity contribution is -0.384. The van der Waals surface area contributed by atoms with E-state index in [1.807, 2.05) is 0 Å². The number of carbonyl (C=O) groups excluding carboxylic acids is 1. The van der Waals surface area contributed by atoms with Crippen LogP contribution in [-0.4, -0.2) is 32.0 Å². The summed E-state index contributed by atoms with van der Waals surface area (Å²) in [6, 6.07) is 5.93. The van der Waals surface area contributed by atoms with Crippen molar-refractivity contribution in [3.05, 3.63) is 34.4 Å². The monoisotopic (exact) mass is 350 g/mol. The van der Waals surface area contributed by atoms with Crippen molar-refractivity contribution < 1.29 is 19.6 Å². The fourth-order valence-corrected chi connectivity index (χ4v) is 5.32. The number of thioether (sulfide) groups is 1. The number of nitro groups is 1. The van der Waals surface area contributed by atoms with E-state index in [-0.39, 0.29) is 18.0 Å². The van der Waals surface area contributed by atoms with Crippen molar-refractivity contribution in [1.82, 2.24) is 0 Å². The number of carboxylic acid groups (broad SMARTS) is 1. The van der Waals surface area contributed by atoms with Gasteiger partial charge in [0.15, 0.2) is 0 Å². The van der Waals surface area contributed by atoms with E-state index in [4.69, 9.17) is 5.11 Å². The van der Waals surface area contributed by atoms with E-state index in [1.54, 1.807) is 17.0 Å². The van der Waals surface area contributed by atoms with Crippen LogP contribution in [-0.2, 0) is 9.59 Å². The number of carboxylic acids is 1. The highest BCUT2D eigenvalue weighted by atomic mass is 32.2. The summed E-state index contributed by atoms with van der Waals surface area (Å²) in [4.78, 5) is 35.5. The molecule has 24 heavy (non-hydrogen) atoms. The summed E-state index contributed by atoms with van der Waals surface area (Å²) in [7, 11) is 0. The maximum atomic E-state index is 12.8. The van der Waals surface area contributed by atoms with E-state index in [1.165, 1.54) is 23.9 Å². The molecule has 2 fully saturated rings. The molecule has 2 aliphatic rings. The normalized spacial score (nSPS) is 22.8. The molecule has 1 aromatic carbocycles. The molecule has 1 atom stereocenters. The summed E-state index contributed by atoms with van der Waals surface area (Å²) in [5.41, 5.74) is 0.575. The maximum Gasteiger partial charge on any atom is 0.305 e. The van der Waals surface area contributed by atoms with E-state index in [0.29, 0.717) is 5.69 Å². The van der Waals surface area contributed by atoms with Gasteiger partial charge >= 0.3 is 5.97 Å². The molecule has 1 unspecified atom stereocenters. The van der Waals surface area contributed by atoms with Gasteiger partial charge in [-0.1, -0.05) is 19.3 Å². The van der Waals surface area contributed by atoms with Gasteiger partial charge in [0.2, 0.25) is 5.91 Å². The molecule has 1 saturated carbocycles. The lowest BCUT2D eigenvalue weighted by Gasteiger charge is -2.40. The van der Waals surface area contributed by atoms with E-state index < -0.39 is 21.0 Å². The molecule has 1 aliphatic carbocycles. The minimum absolute atomic E-state index is 0.0298. The van der Waals surface area contributed by atoms with Crippen molar-refractivity contribution in [2.45, 2.75) is 48.6 Å². The van der Waals surface area contributed by atoms with Crippen LogP contribution in [0.25, 0.3) is 0 Å². The highest BCUT2D eigenvalue weighted by Gasteiger charge is 2.52. The lowest BCUT2D eigenvalue weighted by Crippen LogP contribution is -2.46. The van der Waals surface area contributed by atoms with Gasteiger partial charge in [-0.2, -0.15) is 0 Å². The number of hydrogen-bond acceptors (Lipinski definition) is 5. The third-order valence-corrected chi connectivity index (χ3v) is 6.26. The van der Waals surface area contributed by atoms with Gasteiger partial charge in [-0.15, -0.1) is 11.8 Å². The number of nitrogens with zero attached hydrogens (tertiary/aromatic N) is 2. The number of rotatable bonds is 4. The number of non-ortho nitro benzene ring substituents is 1. The van der Waals surface area contributed by atoms with E-state index in [9.17, 15) is 19.7 Å². The molecule has 1 spiro atoms. The van der Waals surface area contributed by atoms with E-state index >= 15 is 0 Å². The maximum absolute atomic E-state index is 12.8. The molecule has 1 aliphatic heterocycles. The topological polar surface area (TPSA) is 101 Å². The van der Waals surface area contributed by atoms with Crippen LogP contribution in [0.2, 0.25) is 0 Å². The second-order valence-electron chi connectivity index (χ2n) is 6.16. The molecular weight excluding hydrogens is 332 g/mol. The van der Waals surface area contributed by atoms with Crippen LogP contribution < -0.4 is 4.90 Å².